The van der Waals surface area contributed by atoms with E-state index in [-0.39, 0.29) is 0 Å². The fourth-order valence-electron chi connectivity index (χ4n) is 1.51. The van der Waals surface area contributed by atoms with Crippen LogP contribution in [0.5, 0.6) is 5.75 Å². The van der Waals surface area contributed by atoms with E-state index in [4.69, 9.17) is 4.74 Å². The maximum absolute atomic E-state index is 5.33. The maximum Gasteiger partial charge on any atom is 0.129 e. The van der Waals surface area contributed by atoms with Crippen LogP contribution < -0.4 is 4.74 Å². The van der Waals surface area contributed by atoms with Crippen molar-refractivity contribution >= 4 is 24.0 Å². The summed E-state index contributed by atoms with van der Waals surface area (Å²) in [4.78, 5) is 5.76. The second-order valence-corrected chi connectivity index (χ2v) is 4.79. The van der Waals surface area contributed by atoms with Crippen molar-refractivity contribution in [3.63, 3.8) is 0 Å². The van der Waals surface area contributed by atoms with Gasteiger partial charge in [0.05, 0.1) is 18.4 Å². The highest BCUT2D eigenvalue weighted by Crippen LogP contribution is 2.34. The molecule has 0 bridgehead atoms. The van der Waals surface area contributed by atoms with Crippen LogP contribution in [0.2, 0.25) is 0 Å². The molecule has 0 unspecified atom stereocenters. The van der Waals surface area contributed by atoms with Gasteiger partial charge in [0.15, 0.2) is 0 Å². The second-order valence-electron chi connectivity index (χ2n) is 3.39. The van der Waals surface area contributed by atoms with Crippen LogP contribution in [0.1, 0.15) is 10.6 Å². The first-order valence-corrected chi connectivity index (χ1v) is 6.41. The van der Waals surface area contributed by atoms with Crippen LogP contribution in [-0.4, -0.2) is 12.1 Å². The zero-order chi connectivity index (χ0) is 11.5. The molecule has 0 radical (unpaired) electrons. The molecule has 2 rings (SSSR count). The summed E-state index contributed by atoms with van der Waals surface area (Å²) >= 11 is 5.97. The Bertz CT molecular complexity index is 494. The minimum absolute atomic E-state index is 0.735. The van der Waals surface area contributed by atoms with E-state index in [1.807, 2.05) is 31.2 Å². The van der Waals surface area contributed by atoms with Gasteiger partial charge in [0.25, 0.3) is 0 Å². The Morgan fingerprint density at radius 2 is 2.12 bits per heavy atom. The number of aromatic nitrogens is 1. The molecule has 0 aliphatic carbocycles. The van der Waals surface area contributed by atoms with E-state index in [9.17, 15) is 0 Å². The van der Waals surface area contributed by atoms with Crippen LogP contribution in [0.4, 0.5) is 0 Å². The summed E-state index contributed by atoms with van der Waals surface area (Å²) in [6.07, 6.45) is 0. The molecule has 0 saturated carbocycles. The summed E-state index contributed by atoms with van der Waals surface area (Å²) in [6.45, 7) is 2.01. The van der Waals surface area contributed by atoms with Gasteiger partial charge in [-0.1, -0.05) is 12.1 Å². The largest absolute Gasteiger partial charge is 0.496 e. The summed E-state index contributed by atoms with van der Waals surface area (Å²) < 4.78 is 5.33. The van der Waals surface area contributed by atoms with Crippen LogP contribution in [0.3, 0.4) is 0 Å². The normalized spacial score (nSPS) is 10.4. The van der Waals surface area contributed by atoms with E-state index < -0.39 is 0 Å². The highest BCUT2D eigenvalue weighted by atomic mass is 32.1. The number of thiazole rings is 1. The fourth-order valence-corrected chi connectivity index (χ4v) is 2.89. The lowest BCUT2D eigenvalue weighted by Gasteiger charge is -2.04. The Hall–Kier alpha value is -1.000. The maximum atomic E-state index is 5.33. The molecule has 0 aliphatic heterocycles. The molecule has 0 N–H and O–H groups in total. The Balaban J connectivity index is 2.49. The third-order valence-corrected chi connectivity index (χ3v) is 4.09. The van der Waals surface area contributed by atoms with Crippen molar-refractivity contribution in [1.29, 1.82) is 0 Å². The molecule has 1 aromatic heterocycles. The second kappa shape index (κ2) is 4.89. The molecule has 0 amide bonds. The van der Waals surface area contributed by atoms with E-state index in [0.29, 0.717) is 0 Å². The van der Waals surface area contributed by atoms with Gasteiger partial charge < -0.3 is 4.74 Å². The van der Waals surface area contributed by atoms with E-state index in [2.05, 4.69) is 17.6 Å². The lowest BCUT2D eigenvalue weighted by atomic mass is 10.2. The number of ether oxygens (including phenoxy) is 1. The van der Waals surface area contributed by atoms with Gasteiger partial charge in [-0.15, -0.1) is 11.3 Å². The van der Waals surface area contributed by atoms with Gasteiger partial charge in [-0.2, -0.15) is 12.6 Å². The monoisotopic (exact) mass is 251 g/mol. The molecule has 0 saturated heterocycles. The highest BCUT2D eigenvalue weighted by Gasteiger charge is 2.11. The Morgan fingerprint density at radius 3 is 2.75 bits per heavy atom. The summed E-state index contributed by atoms with van der Waals surface area (Å²) in [5.74, 6) is 1.60. The Kier molecular flexibility index (Phi) is 3.51. The number of aryl methyl sites for hydroxylation is 1. The van der Waals surface area contributed by atoms with Crippen molar-refractivity contribution in [1.82, 2.24) is 4.98 Å². The molecule has 1 heterocycles. The van der Waals surface area contributed by atoms with Gasteiger partial charge in [0.2, 0.25) is 0 Å². The molecule has 0 fully saturated rings. The van der Waals surface area contributed by atoms with Crippen molar-refractivity contribution in [3.05, 3.63) is 34.8 Å². The zero-order valence-electron chi connectivity index (χ0n) is 9.23. The van der Waals surface area contributed by atoms with Crippen LogP contribution in [0.25, 0.3) is 10.6 Å². The molecule has 84 valence electrons. The topological polar surface area (TPSA) is 22.1 Å². The quantitative estimate of drug-likeness (QED) is 0.843. The van der Waals surface area contributed by atoms with Gasteiger partial charge in [0.1, 0.15) is 10.8 Å². The van der Waals surface area contributed by atoms with Crippen molar-refractivity contribution < 1.29 is 4.74 Å². The minimum atomic E-state index is 0.735. The van der Waals surface area contributed by atoms with Gasteiger partial charge in [0, 0.05) is 10.6 Å². The summed E-state index contributed by atoms with van der Waals surface area (Å²) in [5.41, 5.74) is 2.10. The summed E-state index contributed by atoms with van der Waals surface area (Å²) in [5, 5.41) is 0.999. The van der Waals surface area contributed by atoms with E-state index in [0.717, 1.165) is 27.8 Å². The van der Waals surface area contributed by atoms with Gasteiger partial charge in [-0.05, 0) is 19.1 Å². The van der Waals surface area contributed by atoms with Crippen LogP contribution in [0, 0.1) is 6.92 Å². The SMILES string of the molecule is COc1ccccc1-c1nc(C)c(CS)s1. The average Bonchev–Trinajstić information content (AvgIpc) is 2.70. The van der Waals surface area contributed by atoms with Crippen molar-refractivity contribution in [2.24, 2.45) is 0 Å². The molecule has 4 heteroatoms. The molecular formula is C12H13NOS2. The number of nitrogens with zero attached hydrogens (tertiary/aromatic N) is 1. The molecule has 1 aromatic carbocycles. The Labute approximate surface area is 105 Å². The first-order chi connectivity index (χ1) is 7.76. The number of rotatable bonds is 3. The molecular weight excluding hydrogens is 238 g/mol. The van der Waals surface area contributed by atoms with Crippen LogP contribution in [-0.2, 0) is 5.75 Å². The summed E-state index contributed by atoms with van der Waals surface area (Å²) in [6, 6.07) is 7.93. The molecule has 16 heavy (non-hydrogen) atoms. The average molecular weight is 251 g/mol. The standard InChI is InChI=1S/C12H13NOS2/c1-8-11(7-15)16-12(13-8)9-5-3-4-6-10(9)14-2/h3-6,15H,7H2,1-2H3. The number of hydrogen-bond donors (Lipinski definition) is 1. The molecule has 0 aliphatic rings. The summed E-state index contributed by atoms with van der Waals surface area (Å²) in [7, 11) is 1.68. The number of thiol groups is 1. The smallest absolute Gasteiger partial charge is 0.129 e. The highest BCUT2D eigenvalue weighted by molar-refractivity contribution is 7.79. The van der Waals surface area contributed by atoms with Gasteiger partial charge in [-0.3, -0.25) is 0 Å². The van der Waals surface area contributed by atoms with Crippen LogP contribution >= 0.6 is 24.0 Å². The molecule has 0 spiro atoms. The first kappa shape index (κ1) is 11.5. The predicted molar refractivity (Wildman–Crippen MR) is 71.5 cm³/mol. The van der Waals surface area contributed by atoms with Gasteiger partial charge >= 0.3 is 0 Å². The lowest BCUT2D eigenvalue weighted by Crippen LogP contribution is -1.86. The first-order valence-electron chi connectivity index (χ1n) is 4.96. The Morgan fingerprint density at radius 1 is 1.38 bits per heavy atom. The van der Waals surface area contributed by atoms with E-state index in [1.54, 1.807) is 18.4 Å². The fraction of sp³-hybridized carbons (Fsp3) is 0.250. The van der Waals surface area contributed by atoms with Gasteiger partial charge in [-0.25, -0.2) is 4.98 Å². The number of methoxy groups -OCH3 is 1. The zero-order valence-corrected chi connectivity index (χ0v) is 10.9. The van der Waals surface area contributed by atoms with E-state index in [1.165, 1.54) is 4.88 Å². The number of hydrogen-bond acceptors (Lipinski definition) is 4. The van der Waals surface area contributed by atoms with Crippen molar-refractivity contribution in [2.75, 3.05) is 7.11 Å². The minimum Gasteiger partial charge on any atom is -0.496 e. The third-order valence-electron chi connectivity index (χ3n) is 2.37. The number of benzene rings is 1. The lowest BCUT2D eigenvalue weighted by molar-refractivity contribution is 0.416. The van der Waals surface area contributed by atoms with Crippen molar-refractivity contribution in [3.8, 4) is 16.3 Å². The van der Waals surface area contributed by atoms with Crippen molar-refractivity contribution in [2.45, 2.75) is 12.7 Å². The third kappa shape index (κ3) is 2.08. The van der Waals surface area contributed by atoms with E-state index >= 15 is 0 Å². The predicted octanol–water partition coefficient (Wildman–Crippen LogP) is 3.56. The van der Waals surface area contributed by atoms with Crippen LogP contribution in [0.15, 0.2) is 24.3 Å². The molecule has 2 aromatic rings. The number of para-hydroxylation sites is 1. The molecule has 0 atom stereocenters. The molecule has 2 nitrogen and oxygen atoms in total.